The van der Waals surface area contributed by atoms with E-state index in [0.717, 1.165) is 44.9 Å². The van der Waals surface area contributed by atoms with Crippen LogP contribution >= 0.6 is 23.2 Å². The minimum atomic E-state index is -0.216. The Morgan fingerprint density at radius 3 is 2.39 bits per heavy atom. The average molecular weight is 549 g/mol. The van der Waals surface area contributed by atoms with Gasteiger partial charge in [-0.25, -0.2) is 9.67 Å². The smallest absolute Gasteiger partial charge is 0.246 e. The number of rotatable bonds is 7. The van der Waals surface area contributed by atoms with E-state index in [9.17, 15) is 4.79 Å². The van der Waals surface area contributed by atoms with Gasteiger partial charge in [0.25, 0.3) is 0 Å². The van der Waals surface area contributed by atoms with Crippen LogP contribution in [0.25, 0.3) is 22.2 Å². The predicted molar refractivity (Wildman–Crippen MR) is 150 cm³/mol. The van der Waals surface area contributed by atoms with E-state index in [1.165, 1.54) is 0 Å². The maximum absolute atomic E-state index is 13.1. The first kappa shape index (κ1) is 25.8. The lowest BCUT2D eigenvalue weighted by Gasteiger charge is -2.09. The molecule has 2 aromatic carbocycles. The molecule has 1 amide bonds. The molecule has 5 aromatic rings. The van der Waals surface area contributed by atoms with Crippen LogP contribution in [0.4, 0.5) is 5.69 Å². The number of halogens is 2. The molecule has 0 fully saturated rings. The van der Waals surface area contributed by atoms with Crippen LogP contribution in [0.1, 0.15) is 22.6 Å². The highest BCUT2D eigenvalue weighted by molar-refractivity contribution is 6.42. The number of carbonyl (C=O) groups excluding carboxylic acids is 1. The Balaban J connectivity index is 1.37. The molecule has 0 spiro atoms. The standard InChI is InChI=1S/C28H26Cl2N6O2/c1-16-26-22(20-6-8-21(38-4)9-7-20)11-12-31-28(26)36(33-16)15-25(37)32-27-17(2)34-35(18(27)3)14-19-5-10-23(29)24(30)13-19/h5-13H,14-15H2,1-4H3,(H,32,37). The minimum Gasteiger partial charge on any atom is -0.497 e. The van der Waals surface area contributed by atoms with Gasteiger partial charge in [-0.15, -0.1) is 0 Å². The van der Waals surface area contributed by atoms with Crippen LogP contribution in [-0.4, -0.2) is 37.6 Å². The van der Waals surface area contributed by atoms with Gasteiger partial charge in [0, 0.05) is 11.6 Å². The quantitative estimate of drug-likeness (QED) is 0.260. The Labute approximate surface area is 230 Å². The van der Waals surface area contributed by atoms with Gasteiger partial charge in [-0.1, -0.05) is 41.4 Å². The normalized spacial score (nSPS) is 11.2. The number of nitrogens with one attached hydrogen (secondary N) is 1. The number of benzene rings is 2. The molecule has 3 heterocycles. The number of hydrogen-bond donors (Lipinski definition) is 1. The van der Waals surface area contributed by atoms with Crippen molar-refractivity contribution in [2.75, 3.05) is 12.4 Å². The van der Waals surface area contributed by atoms with Crippen LogP contribution in [0.5, 0.6) is 5.75 Å². The predicted octanol–water partition coefficient (Wildman–Crippen LogP) is 6.22. The summed E-state index contributed by atoms with van der Waals surface area (Å²) in [6, 6.07) is 15.3. The number of aryl methyl sites for hydroxylation is 2. The summed E-state index contributed by atoms with van der Waals surface area (Å²) in [4.78, 5) is 17.7. The number of carbonyl (C=O) groups is 1. The first-order chi connectivity index (χ1) is 18.2. The molecule has 0 aliphatic carbocycles. The van der Waals surface area contributed by atoms with Crippen molar-refractivity contribution in [1.29, 1.82) is 0 Å². The Kier molecular flexibility index (Phi) is 7.10. The van der Waals surface area contributed by atoms with E-state index in [1.807, 2.05) is 67.9 Å². The highest BCUT2D eigenvalue weighted by Gasteiger charge is 2.19. The minimum absolute atomic E-state index is 0.0141. The number of methoxy groups -OCH3 is 1. The van der Waals surface area contributed by atoms with Crippen LogP contribution in [0, 0.1) is 20.8 Å². The van der Waals surface area contributed by atoms with Crippen molar-refractivity contribution < 1.29 is 9.53 Å². The summed E-state index contributed by atoms with van der Waals surface area (Å²) in [5, 5.41) is 14.2. The fourth-order valence-corrected chi connectivity index (χ4v) is 4.88. The molecule has 3 aromatic heterocycles. The molecular weight excluding hydrogens is 523 g/mol. The molecule has 194 valence electrons. The molecule has 10 heteroatoms. The molecule has 38 heavy (non-hydrogen) atoms. The van der Waals surface area contributed by atoms with Crippen LogP contribution in [0.15, 0.2) is 54.7 Å². The highest BCUT2D eigenvalue weighted by atomic mass is 35.5. The monoisotopic (exact) mass is 548 g/mol. The zero-order valence-electron chi connectivity index (χ0n) is 21.4. The van der Waals surface area contributed by atoms with E-state index in [4.69, 9.17) is 27.9 Å². The first-order valence-corrected chi connectivity index (χ1v) is 12.7. The lowest BCUT2D eigenvalue weighted by Crippen LogP contribution is -2.20. The van der Waals surface area contributed by atoms with Gasteiger partial charge >= 0.3 is 0 Å². The Bertz CT molecular complexity index is 1660. The Hall–Kier alpha value is -3.88. The fraction of sp³-hybridized carbons (Fsp3) is 0.214. The van der Waals surface area contributed by atoms with Gasteiger partial charge in [-0.05, 0) is 67.8 Å². The number of anilines is 1. The maximum Gasteiger partial charge on any atom is 0.246 e. The molecule has 0 aliphatic rings. The van der Waals surface area contributed by atoms with Gasteiger partial charge in [0.1, 0.15) is 12.3 Å². The Morgan fingerprint density at radius 2 is 1.68 bits per heavy atom. The number of hydrogen-bond acceptors (Lipinski definition) is 5. The molecule has 0 saturated heterocycles. The van der Waals surface area contributed by atoms with Crippen molar-refractivity contribution in [3.8, 4) is 16.9 Å². The molecule has 0 aliphatic heterocycles. The second kappa shape index (κ2) is 10.5. The average Bonchev–Trinajstić information content (AvgIpc) is 3.36. The van der Waals surface area contributed by atoms with E-state index in [1.54, 1.807) is 24.1 Å². The summed E-state index contributed by atoms with van der Waals surface area (Å²) in [7, 11) is 1.64. The fourth-order valence-electron chi connectivity index (χ4n) is 4.56. The number of fused-ring (bicyclic) bond motifs is 1. The topological polar surface area (TPSA) is 86.9 Å². The van der Waals surface area contributed by atoms with Crippen LogP contribution in [0.3, 0.4) is 0 Å². The van der Waals surface area contributed by atoms with Crippen molar-refractivity contribution in [2.45, 2.75) is 33.9 Å². The van der Waals surface area contributed by atoms with Crippen LogP contribution in [-0.2, 0) is 17.9 Å². The summed E-state index contributed by atoms with van der Waals surface area (Å²) >= 11 is 12.2. The van der Waals surface area contributed by atoms with Crippen molar-refractivity contribution in [1.82, 2.24) is 24.5 Å². The largest absolute Gasteiger partial charge is 0.497 e. The molecule has 8 nitrogen and oxygen atoms in total. The third kappa shape index (κ3) is 4.97. The molecule has 0 unspecified atom stereocenters. The lowest BCUT2D eigenvalue weighted by molar-refractivity contribution is -0.116. The molecule has 1 N–H and O–H groups in total. The van der Waals surface area contributed by atoms with Gasteiger partial charge in [0.2, 0.25) is 5.91 Å². The SMILES string of the molecule is COc1ccc(-c2ccnc3c2c(C)nn3CC(=O)Nc2c(C)nn(Cc3ccc(Cl)c(Cl)c3)c2C)cc1. The van der Waals surface area contributed by atoms with E-state index in [2.05, 4.69) is 20.5 Å². The van der Waals surface area contributed by atoms with Crippen molar-refractivity contribution >= 4 is 45.8 Å². The van der Waals surface area contributed by atoms with Crippen molar-refractivity contribution in [2.24, 2.45) is 0 Å². The lowest BCUT2D eigenvalue weighted by atomic mass is 10.0. The summed E-state index contributed by atoms with van der Waals surface area (Å²) < 4.78 is 8.75. The summed E-state index contributed by atoms with van der Waals surface area (Å²) in [6.45, 7) is 6.22. The maximum atomic E-state index is 13.1. The third-order valence-corrected chi connectivity index (χ3v) is 7.20. The highest BCUT2D eigenvalue weighted by Crippen LogP contribution is 2.31. The number of ether oxygens (including phenoxy) is 1. The van der Waals surface area contributed by atoms with E-state index in [-0.39, 0.29) is 12.5 Å². The molecule has 0 atom stereocenters. The molecular formula is C28H26Cl2N6O2. The zero-order valence-corrected chi connectivity index (χ0v) is 22.9. The van der Waals surface area contributed by atoms with Crippen LogP contribution < -0.4 is 10.1 Å². The van der Waals surface area contributed by atoms with E-state index < -0.39 is 0 Å². The van der Waals surface area contributed by atoms with Gasteiger partial charge in [-0.2, -0.15) is 10.2 Å². The second-order valence-corrected chi connectivity index (χ2v) is 9.84. The molecule has 0 radical (unpaired) electrons. The number of amides is 1. The Morgan fingerprint density at radius 1 is 0.947 bits per heavy atom. The number of pyridine rings is 1. The summed E-state index contributed by atoms with van der Waals surface area (Å²) in [5.41, 5.74) is 6.65. The van der Waals surface area contributed by atoms with Gasteiger partial charge < -0.3 is 10.1 Å². The van der Waals surface area contributed by atoms with E-state index in [0.29, 0.717) is 27.9 Å². The van der Waals surface area contributed by atoms with Gasteiger partial charge in [0.15, 0.2) is 5.65 Å². The molecule has 0 bridgehead atoms. The second-order valence-electron chi connectivity index (χ2n) is 9.03. The summed E-state index contributed by atoms with van der Waals surface area (Å²) in [6.07, 6.45) is 1.73. The first-order valence-electron chi connectivity index (χ1n) is 12.0. The zero-order chi connectivity index (χ0) is 27.0. The molecule has 0 saturated carbocycles. The summed E-state index contributed by atoms with van der Waals surface area (Å²) in [5.74, 6) is 0.570. The van der Waals surface area contributed by atoms with Crippen molar-refractivity contribution in [3.05, 3.63) is 87.4 Å². The van der Waals surface area contributed by atoms with Gasteiger partial charge in [0.05, 0.1) is 46.5 Å². The van der Waals surface area contributed by atoms with Crippen molar-refractivity contribution in [3.63, 3.8) is 0 Å². The van der Waals surface area contributed by atoms with Gasteiger partial charge in [-0.3, -0.25) is 9.48 Å². The number of nitrogens with zero attached hydrogens (tertiary/aromatic N) is 5. The van der Waals surface area contributed by atoms with E-state index >= 15 is 0 Å². The molecule has 5 rings (SSSR count). The number of aromatic nitrogens is 5. The van der Waals surface area contributed by atoms with Crippen LogP contribution in [0.2, 0.25) is 10.0 Å². The third-order valence-electron chi connectivity index (χ3n) is 6.46.